The molecule has 0 aliphatic rings. The highest BCUT2D eigenvalue weighted by atomic mass is 35.5. The number of carbonyl (C=O) groups excluding carboxylic acids is 1. The molecule has 4 nitrogen and oxygen atoms in total. The van der Waals surface area contributed by atoms with E-state index in [-0.39, 0.29) is 11.9 Å². The van der Waals surface area contributed by atoms with Crippen molar-refractivity contribution in [1.82, 2.24) is 14.9 Å². The lowest BCUT2D eigenvalue weighted by Gasteiger charge is -2.15. The Bertz CT molecular complexity index is 797. The van der Waals surface area contributed by atoms with Crippen LogP contribution in [0.25, 0.3) is 5.69 Å². The summed E-state index contributed by atoms with van der Waals surface area (Å²) < 4.78 is 1.93. The molecule has 1 N–H and O–H groups in total. The minimum atomic E-state index is -0.179. The second kappa shape index (κ2) is 6.67. The molecule has 0 aliphatic heterocycles. The van der Waals surface area contributed by atoms with E-state index in [0.29, 0.717) is 10.6 Å². The topological polar surface area (TPSA) is 46.9 Å². The number of carbonyl (C=O) groups is 1. The number of nitrogens with one attached hydrogen (secondary N) is 1. The van der Waals surface area contributed by atoms with Gasteiger partial charge in [-0.05, 0) is 36.8 Å². The summed E-state index contributed by atoms with van der Waals surface area (Å²) in [6, 6.07) is 14.9. The van der Waals surface area contributed by atoms with Crippen molar-refractivity contribution in [2.75, 3.05) is 0 Å². The third-order valence-electron chi connectivity index (χ3n) is 3.66. The van der Waals surface area contributed by atoms with Gasteiger partial charge in [-0.15, -0.1) is 0 Å². The van der Waals surface area contributed by atoms with Crippen LogP contribution in [0, 0.1) is 0 Å². The fraction of sp³-hybridized carbons (Fsp3) is 0.111. The smallest absolute Gasteiger partial charge is 0.253 e. The van der Waals surface area contributed by atoms with Crippen molar-refractivity contribution < 1.29 is 4.79 Å². The summed E-state index contributed by atoms with van der Waals surface area (Å²) in [5.74, 6) is -0.179. The molecule has 3 aromatic rings. The maximum atomic E-state index is 12.3. The lowest BCUT2D eigenvalue weighted by atomic mass is 10.1. The molecule has 3 rings (SSSR count). The Hall–Kier alpha value is -2.59. The van der Waals surface area contributed by atoms with Crippen LogP contribution in [0.5, 0.6) is 0 Å². The van der Waals surface area contributed by atoms with Gasteiger partial charge in [0.15, 0.2) is 0 Å². The van der Waals surface area contributed by atoms with Gasteiger partial charge in [0.2, 0.25) is 0 Å². The summed E-state index contributed by atoms with van der Waals surface area (Å²) in [5, 5.41) is 3.42. The first-order valence-corrected chi connectivity index (χ1v) is 7.66. The zero-order chi connectivity index (χ0) is 16.2. The zero-order valence-corrected chi connectivity index (χ0v) is 13.4. The first-order valence-electron chi connectivity index (χ1n) is 7.29. The van der Waals surface area contributed by atoms with Crippen molar-refractivity contribution in [3.63, 3.8) is 0 Å². The number of halogens is 1. The molecule has 1 aromatic heterocycles. The summed E-state index contributed by atoms with van der Waals surface area (Å²) >= 11 is 6.06. The molecule has 23 heavy (non-hydrogen) atoms. The normalized spacial score (nSPS) is 11.9. The second-order valence-electron chi connectivity index (χ2n) is 5.24. The lowest BCUT2D eigenvalue weighted by Crippen LogP contribution is -2.26. The van der Waals surface area contributed by atoms with E-state index in [1.54, 1.807) is 36.8 Å². The molecule has 0 bridgehead atoms. The van der Waals surface area contributed by atoms with Crippen molar-refractivity contribution in [1.29, 1.82) is 0 Å². The summed E-state index contributed by atoms with van der Waals surface area (Å²) in [6.45, 7) is 1.95. The molecule has 1 atom stereocenters. The van der Waals surface area contributed by atoms with Crippen LogP contribution < -0.4 is 5.32 Å². The van der Waals surface area contributed by atoms with Gasteiger partial charge >= 0.3 is 0 Å². The Kier molecular flexibility index (Phi) is 4.44. The summed E-state index contributed by atoms with van der Waals surface area (Å²) in [4.78, 5) is 16.3. The number of imidazole rings is 1. The van der Waals surface area contributed by atoms with Crippen molar-refractivity contribution in [2.24, 2.45) is 0 Å². The van der Waals surface area contributed by atoms with Crippen LogP contribution in [0.15, 0.2) is 67.3 Å². The van der Waals surface area contributed by atoms with Gasteiger partial charge in [-0.25, -0.2) is 4.98 Å². The predicted molar refractivity (Wildman–Crippen MR) is 90.9 cm³/mol. The van der Waals surface area contributed by atoms with E-state index >= 15 is 0 Å². The van der Waals surface area contributed by atoms with Crippen LogP contribution in [0.4, 0.5) is 0 Å². The van der Waals surface area contributed by atoms with Gasteiger partial charge < -0.3 is 9.88 Å². The lowest BCUT2D eigenvalue weighted by molar-refractivity contribution is 0.0940. The molecule has 0 saturated carbocycles. The standard InChI is InChI=1S/C18H16ClN3O/c1-13(21-18(23)16-4-2-3-5-17(16)19)14-6-8-15(9-7-14)22-11-10-20-12-22/h2-13H,1H3,(H,21,23)/t13-/m0/s1. The van der Waals surface area contributed by atoms with Gasteiger partial charge in [0.05, 0.1) is 23.0 Å². The number of aromatic nitrogens is 2. The first kappa shape index (κ1) is 15.3. The van der Waals surface area contributed by atoms with Crippen LogP contribution in [0.3, 0.4) is 0 Å². The van der Waals surface area contributed by atoms with Crippen LogP contribution in [-0.4, -0.2) is 15.5 Å². The molecule has 0 saturated heterocycles. The molecule has 116 valence electrons. The minimum Gasteiger partial charge on any atom is -0.345 e. The van der Waals surface area contributed by atoms with Crippen LogP contribution in [0.2, 0.25) is 5.02 Å². The number of hydrogen-bond acceptors (Lipinski definition) is 2. The van der Waals surface area contributed by atoms with Gasteiger partial charge in [-0.2, -0.15) is 0 Å². The van der Waals surface area contributed by atoms with Gasteiger partial charge in [-0.1, -0.05) is 35.9 Å². The Balaban J connectivity index is 1.72. The monoisotopic (exact) mass is 325 g/mol. The largest absolute Gasteiger partial charge is 0.345 e. The van der Waals surface area contributed by atoms with Gasteiger partial charge in [-0.3, -0.25) is 4.79 Å². The van der Waals surface area contributed by atoms with E-state index < -0.39 is 0 Å². The Morgan fingerprint density at radius 3 is 2.57 bits per heavy atom. The molecule has 1 heterocycles. The Morgan fingerprint density at radius 2 is 1.91 bits per heavy atom. The average Bonchev–Trinajstić information content (AvgIpc) is 3.09. The van der Waals surface area contributed by atoms with Gasteiger partial charge in [0.25, 0.3) is 5.91 Å². The molecule has 0 fully saturated rings. The quantitative estimate of drug-likeness (QED) is 0.787. The molecule has 0 aliphatic carbocycles. The fourth-order valence-corrected chi connectivity index (χ4v) is 2.57. The molecular weight excluding hydrogens is 310 g/mol. The number of benzene rings is 2. The van der Waals surface area contributed by atoms with Crippen LogP contribution >= 0.6 is 11.6 Å². The molecular formula is C18H16ClN3O. The summed E-state index contributed by atoms with van der Waals surface area (Å²) in [5.41, 5.74) is 2.53. The number of rotatable bonds is 4. The maximum Gasteiger partial charge on any atom is 0.253 e. The highest BCUT2D eigenvalue weighted by molar-refractivity contribution is 6.33. The van der Waals surface area contributed by atoms with Gasteiger partial charge in [0.1, 0.15) is 0 Å². The third-order valence-corrected chi connectivity index (χ3v) is 3.99. The van der Waals surface area contributed by atoms with Crippen molar-refractivity contribution in [3.05, 3.63) is 83.4 Å². The minimum absolute atomic E-state index is 0.115. The van der Waals surface area contributed by atoms with E-state index in [2.05, 4.69) is 10.3 Å². The van der Waals surface area contributed by atoms with Crippen molar-refractivity contribution in [3.8, 4) is 5.69 Å². The fourth-order valence-electron chi connectivity index (χ4n) is 2.35. The summed E-state index contributed by atoms with van der Waals surface area (Å²) in [7, 11) is 0. The molecule has 0 radical (unpaired) electrons. The molecule has 0 spiro atoms. The Labute approximate surface area is 139 Å². The van der Waals surface area contributed by atoms with E-state index in [1.165, 1.54) is 0 Å². The third kappa shape index (κ3) is 3.43. The van der Waals surface area contributed by atoms with Crippen molar-refractivity contribution >= 4 is 17.5 Å². The van der Waals surface area contributed by atoms with E-state index in [1.807, 2.05) is 42.0 Å². The van der Waals surface area contributed by atoms with Crippen LogP contribution in [0.1, 0.15) is 28.9 Å². The molecule has 5 heteroatoms. The number of nitrogens with zero attached hydrogens (tertiary/aromatic N) is 2. The predicted octanol–water partition coefficient (Wildman–Crippen LogP) is 4.02. The number of amides is 1. The zero-order valence-electron chi connectivity index (χ0n) is 12.6. The first-order chi connectivity index (χ1) is 11.1. The van der Waals surface area contributed by atoms with E-state index in [4.69, 9.17) is 11.6 Å². The summed E-state index contributed by atoms with van der Waals surface area (Å²) in [6.07, 6.45) is 5.37. The number of hydrogen-bond donors (Lipinski definition) is 1. The Morgan fingerprint density at radius 1 is 1.17 bits per heavy atom. The van der Waals surface area contributed by atoms with Crippen molar-refractivity contribution in [2.45, 2.75) is 13.0 Å². The molecule has 0 unspecified atom stereocenters. The highest BCUT2D eigenvalue weighted by Gasteiger charge is 2.13. The second-order valence-corrected chi connectivity index (χ2v) is 5.64. The van der Waals surface area contributed by atoms with E-state index in [0.717, 1.165) is 11.3 Å². The van der Waals surface area contributed by atoms with E-state index in [9.17, 15) is 4.79 Å². The van der Waals surface area contributed by atoms with Crippen LogP contribution in [-0.2, 0) is 0 Å². The maximum absolute atomic E-state index is 12.3. The average molecular weight is 326 g/mol. The van der Waals surface area contributed by atoms with Gasteiger partial charge in [0, 0.05) is 18.1 Å². The molecule has 1 amide bonds. The highest BCUT2D eigenvalue weighted by Crippen LogP contribution is 2.19. The molecule has 2 aromatic carbocycles. The SMILES string of the molecule is C[C@H](NC(=O)c1ccccc1Cl)c1ccc(-n2ccnc2)cc1.